The van der Waals surface area contributed by atoms with Crippen LogP contribution in [0.25, 0.3) is 0 Å². The van der Waals surface area contributed by atoms with Gasteiger partial charge in [-0.1, -0.05) is 11.8 Å². The van der Waals surface area contributed by atoms with E-state index in [1.807, 2.05) is 6.26 Å². The molecule has 0 saturated heterocycles. The van der Waals surface area contributed by atoms with Crippen molar-refractivity contribution in [3.05, 3.63) is 36.1 Å². The molecule has 2 aromatic rings. The lowest BCUT2D eigenvalue weighted by Gasteiger charge is -2.08. The van der Waals surface area contributed by atoms with Crippen LogP contribution in [0.2, 0.25) is 0 Å². The topological polar surface area (TPSA) is 75.9 Å². The van der Waals surface area contributed by atoms with Crippen molar-refractivity contribution >= 4 is 29.1 Å². The van der Waals surface area contributed by atoms with Crippen LogP contribution in [0.15, 0.2) is 35.5 Å². The zero-order chi connectivity index (χ0) is 13.0. The second-order valence-corrected chi connectivity index (χ2v) is 4.17. The molecule has 4 N–H and O–H groups in total. The molecule has 7 heteroatoms. The van der Waals surface area contributed by atoms with Gasteiger partial charge < -0.3 is 10.7 Å². The molecule has 0 spiro atoms. The normalized spacial score (nSPS) is 10.2. The first-order valence-corrected chi connectivity index (χ1v) is 6.36. The Morgan fingerprint density at radius 1 is 1.17 bits per heavy atom. The molecule has 0 aliphatic heterocycles. The summed E-state index contributed by atoms with van der Waals surface area (Å²) in [5.41, 5.74) is 3.21. The Kier molecular flexibility index (Phi) is 3.96. The second kappa shape index (κ2) is 5.65. The van der Waals surface area contributed by atoms with Gasteiger partial charge >= 0.3 is 0 Å². The number of hydrogen-bond donors (Lipinski definition) is 3. The van der Waals surface area contributed by atoms with Crippen molar-refractivity contribution < 1.29 is 4.39 Å². The van der Waals surface area contributed by atoms with Gasteiger partial charge in [-0.2, -0.15) is 0 Å². The maximum absolute atomic E-state index is 12.8. The highest BCUT2D eigenvalue weighted by molar-refractivity contribution is 7.98. The maximum Gasteiger partial charge on any atom is 0.191 e. The summed E-state index contributed by atoms with van der Waals surface area (Å²) in [6, 6.07) is 7.68. The lowest BCUT2D eigenvalue weighted by atomic mass is 10.3. The van der Waals surface area contributed by atoms with Crippen LogP contribution in [-0.4, -0.2) is 16.2 Å². The fourth-order valence-corrected chi connectivity index (χ4v) is 1.71. The molecule has 1 aromatic carbocycles. The molecule has 18 heavy (non-hydrogen) atoms. The van der Waals surface area contributed by atoms with Crippen LogP contribution in [0, 0.1) is 5.82 Å². The zero-order valence-electron chi connectivity index (χ0n) is 9.64. The smallest absolute Gasteiger partial charge is 0.191 e. The molecule has 0 radical (unpaired) electrons. The van der Waals surface area contributed by atoms with E-state index in [1.165, 1.54) is 23.9 Å². The molecule has 0 atom stereocenters. The van der Waals surface area contributed by atoms with E-state index in [0.29, 0.717) is 16.8 Å². The molecule has 1 heterocycles. The number of nitrogens with two attached hydrogens (primary N) is 1. The number of halogens is 1. The number of hydrogen-bond acceptors (Lipinski definition) is 6. The van der Waals surface area contributed by atoms with Crippen LogP contribution < -0.4 is 16.6 Å². The quantitative estimate of drug-likeness (QED) is 0.341. The van der Waals surface area contributed by atoms with Gasteiger partial charge in [0, 0.05) is 11.8 Å². The summed E-state index contributed by atoms with van der Waals surface area (Å²) in [6.45, 7) is 0. The van der Waals surface area contributed by atoms with Crippen LogP contribution in [0.5, 0.6) is 0 Å². The molecule has 0 aliphatic rings. The lowest BCUT2D eigenvalue weighted by molar-refractivity contribution is 0.628. The van der Waals surface area contributed by atoms with Crippen LogP contribution in [0.4, 0.5) is 21.7 Å². The summed E-state index contributed by atoms with van der Waals surface area (Å²) in [6.07, 6.45) is 1.87. The summed E-state index contributed by atoms with van der Waals surface area (Å²) >= 11 is 1.41. The predicted molar refractivity (Wildman–Crippen MR) is 71.3 cm³/mol. The SMILES string of the molecule is CSc1nc(NN)cc(Nc2ccc(F)cc2)n1. The highest BCUT2D eigenvalue weighted by Crippen LogP contribution is 2.20. The van der Waals surface area contributed by atoms with E-state index in [-0.39, 0.29) is 5.82 Å². The zero-order valence-corrected chi connectivity index (χ0v) is 10.5. The van der Waals surface area contributed by atoms with Crippen LogP contribution in [0.3, 0.4) is 0 Å². The summed E-state index contributed by atoms with van der Waals surface area (Å²) in [7, 11) is 0. The average Bonchev–Trinajstić information content (AvgIpc) is 2.41. The first-order valence-electron chi connectivity index (χ1n) is 5.13. The van der Waals surface area contributed by atoms with E-state index in [0.717, 1.165) is 5.69 Å². The third-order valence-electron chi connectivity index (χ3n) is 2.15. The summed E-state index contributed by atoms with van der Waals surface area (Å²) in [5, 5.41) is 3.65. The van der Waals surface area contributed by atoms with E-state index < -0.39 is 0 Å². The number of nitrogen functional groups attached to an aromatic ring is 1. The van der Waals surface area contributed by atoms with Gasteiger partial charge in [-0.05, 0) is 30.5 Å². The van der Waals surface area contributed by atoms with Crippen LogP contribution in [-0.2, 0) is 0 Å². The van der Waals surface area contributed by atoms with Crippen molar-refractivity contribution in [3.8, 4) is 0 Å². The van der Waals surface area contributed by atoms with Crippen molar-refractivity contribution in [1.29, 1.82) is 0 Å². The Labute approximate surface area is 108 Å². The van der Waals surface area contributed by atoms with Gasteiger partial charge in [0.15, 0.2) is 5.16 Å². The van der Waals surface area contributed by atoms with Crippen LogP contribution >= 0.6 is 11.8 Å². The van der Waals surface area contributed by atoms with Gasteiger partial charge in [-0.25, -0.2) is 20.2 Å². The van der Waals surface area contributed by atoms with Crippen molar-refractivity contribution in [2.45, 2.75) is 5.16 Å². The maximum atomic E-state index is 12.8. The minimum absolute atomic E-state index is 0.280. The number of rotatable bonds is 4. The molecule has 94 valence electrons. The van der Waals surface area contributed by atoms with Crippen molar-refractivity contribution in [2.24, 2.45) is 5.84 Å². The Morgan fingerprint density at radius 2 is 1.83 bits per heavy atom. The highest BCUT2D eigenvalue weighted by Gasteiger charge is 2.03. The summed E-state index contributed by atoms with van der Waals surface area (Å²) < 4.78 is 12.8. The molecule has 2 rings (SSSR count). The molecule has 0 amide bonds. The number of benzene rings is 1. The minimum Gasteiger partial charge on any atom is -0.340 e. The van der Waals surface area contributed by atoms with Crippen molar-refractivity contribution in [2.75, 3.05) is 17.0 Å². The van der Waals surface area contributed by atoms with E-state index in [2.05, 4.69) is 20.7 Å². The fourth-order valence-electron chi connectivity index (χ4n) is 1.34. The number of aromatic nitrogens is 2. The Balaban J connectivity index is 2.25. The summed E-state index contributed by atoms with van der Waals surface area (Å²) in [5.74, 6) is 6.15. The number of nitrogens with one attached hydrogen (secondary N) is 2. The minimum atomic E-state index is -0.280. The third-order valence-corrected chi connectivity index (χ3v) is 2.70. The molecular formula is C11H12FN5S. The average molecular weight is 265 g/mol. The standard InChI is InChI=1S/C11H12FN5S/c1-18-11-15-9(6-10(16-11)17-13)14-8-4-2-7(12)3-5-8/h2-6H,13H2,1H3,(H2,14,15,16,17). The van der Waals surface area contributed by atoms with E-state index >= 15 is 0 Å². The van der Waals surface area contributed by atoms with Crippen LogP contribution in [0.1, 0.15) is 0 Å². The molecule has 0 fully saturated rings. The summed E-state index contributed by atoms with van der Waals surface area (Å²) in [4.78, 5) is 8.41. The first kappa shape index (κ1) is 12.6. The fraction of sp³-hybridized carbons (Fsp3) is 0.0909. The first-order chi connectivity index (χ1) is 8.71. The molecular weight excluding hydrogens is 253 g/mol. The van der Waals surface area contributed by atoms with Gasteiger partial charge in [0.25, 0.3) is 0 Å². The third kappa shape index (κ3) is 3.08. The van der Waals surface area contributed by atoms with Crippen molar-refractivity contribution in [3.63, 3.8) is 0 Å². The van der Waals surface area contributed by atoms with Gasteiger partial charge in [0.05, 0.1) is 0 Å². The van der Waals surface area contributed by atoms with E-state index in [4.69, 9.17) is 5.84 Å². The Morgan fingerprint density at radius 3 is 2.44 bits per heavy atom. The van der Waals surface area contributed by atoms with Gasteiger partial charge in [0.1, 0.15) is 17.5 Å². The largest absolute Gasteiger partial charge is 0.340 e. The molecule has 0 unspecified atom stereocenters. The number of nitrogens with zero attached hydrogens (tertiary/aromatic N) is 2. The van der Waals surface area contributed by atoms with Gasteiger partial charge in [-0.3, -0.25) is 0 Å². The van der Waals surface area contributed by atoms with Crippen molar-refractivity contribution in [1.82, 2.24) is 9.97 Å². The molecule has 5 nitrogen and oxygen atoms in total. The van der Waals surface area contributed by atoms with E-state index in [1.54, 1.807) is 18.2 Å². The number of hydrazine groups is 1. The Hall–Kier alpha value is -1.86. The molecule has 0 saturated carbocycles. The van der Waals surface area contributed by atoms with Gasteiger partial charge in [-0.15, -0.1) is 0 Å². The second-order valence-electron chi connectivity index (χ2n) is 3.40. The van der Waals surface area contributed by atoms with E-state index in [9.17, 15) is 4.39 Å². The highest BCUT2D eigenvalue weighted by atomic mass is 32.2. The van der Waals surface area contributed by atoms with Gasteiger partial charge in [0.2, 0.25) is 0 Å². The lowest BCUT2D eigenvalue weighted by Crippen LogP contribution is -2.10. The number of thioether (sulfide) groups is 1. The number of anilines is 3. The monoisotopic (exact) mass is 265 g/mol. The molecule has 0 bridgehead atoms. The predicted octanol–water partition coefficient (Wildman–Crippen LogP) is 2.37. The molecule has 1 aromatic heterocycles. The Bertz CT molecular complexity index is 509. The molecule has 0 aliphatic carbocycles.